The Labute approximate surface area is 121 Å². The van der Waals surface area contributed by atoms with Crippen molar-refractivity contribution in [1.29, 1.82) is 5.26 Å². The van der Waals surface area contributed by atoms with Crippen LogP contribution < -0.4 is 5.32 Å². The molecule has 0 aliphatic carbocycles. The third-order valence-electron chi connectivity index (χ3n) is 3.19. The zero-order valence-corrected chi connectivity index (χ0v) is 11.4. The molecular formula is C16H12N4O. The molecule has 3 aromatic rings. The van der Waals surface area contributed by atoms with Crippen LogP contribution in [0.2, 0.25) is 0 Å². The zero-order valence-electron chi connectivity index (χ0n) is 11.4. The number of hydrogen-bond donors (Lipinski definition) is 1. The molecule has 3 rings (SSSR count). The molecule has 0 aliphatic rings. The van der Waals surface area contributed by atoms with Crippen LogP contribution in [-0.2, 0) is 7.05 Å². The number of aryl methyl sites for hydroxylation is 1. The molecule has 1 N–H and O–H groups in total. The van der Waals surface area contributed by atoms with Gasteiger partial charge in [-0.25, -0.2) is 0 Å². The van der Waals surface area contributed by atoms with Crippen molar-refractivity contribution in [3.63, 3.8) is 0 Å². The minimum atomic E-state index is -0.282. The Balaban J connectivity index is 1.92. The lowest BCUT2D eigenvalue weighted by Gasteiger charge is -2.04. The van der Waals surface area contributed by atoms with Crippen LogP contribution in [-0.4, -0.2) is 15.7 Å². The lowest BCUT2D eigenvalue weighted by Crippen LogP contribution is -2.13. The molecule has 5 heteroatoms. The molecule has 102 valence electrons. The first-order chi connectivity index (χ1) is 10.2. The summed E-state index contributed by atoms with van der Waals surface area (Å²) in [4.78, 5) is 12.3. The lowest BCUT2D eigenvalue weighted by atomic mass is 10.1. The van der Waals surface area contributed by atoms with Gasteiger partial charge in [0, 0.05) is 18.8 Å². The molecular weight excluding hydrogens is 264 g/mol. The van der Waals surface area contributed by atoms with Gasteiger partial charge in [-0.05, 0) is 22.9 Å². The Morgan fingerprint density at radius 3 is 2.76 bits per heavy atom. The highest BCUT2D eigenvalue weighted by molar-refractivity contribution is 6.06. The molecule has 0 saturated carbocycles. The van der Waals surface area contributed by atoms with Crippen molar-refractivity contribution in [2.24, 2.45) is 7.05 Å². The van der Waals surface area contributed by atoms with Gasteiger partial charge in [-0.3, -0.25) is 9.48 Å². The molecule has 0 spiro atoms. The topological polar surface area (TPSA) is 70.7 Å². The number of nitrogens with one attached hydrogen (secondary N) is 1. The van der Waals surface area contributed by atoms with E-state index in [-0.39, 0.29) is 11.7 Å². The van der Waals surface area contributed by atoms with E-state index in [1.165, 1.54) is 4.68 Å². The third-order valence-corrected chi connectivity index (χ3v) is 3.19. The first kappa shape index (κ1) is 12.9. The van der Waals surface area contributed by atoms with E-state index in [1.54, 1.807) is 19.3 Å². The fourth-order valence-electron chi connectivity index (χ4n) is 2.17. The predicted molar refractivity (Wildman–Crippen MR) is 79.8 cm³/mol. The van der Waals surface area contributed by atoms with Gasteiger partial charge in [-0.1, -0.05) is 30.3 Å². The van der Waals surface area contributed by atoms with Gasteiger partial charge in [0.05, 0.1) is 0 Å². The minimum absolute atomic E-state index is 0.276. The number of rotatable bonds is 2. The molecule has 2 aromatic carbocycles. The molecule has 1 aromatic heterocycles. The van der Waals surface area contributed by atoms with Crippen molar-refractivity contribution < 1.29 is 4.79 Å². The largest absolute Gasteiger partial charge is 0.304 e. The predicted octanol–water partition coefficient (Wildman–Crippen LogP) is 2.70. The van der Waals surface area contributed by atoms with E-state index in [0.29, 0.717) is 11.1 Å². The molecule has 1 heterocycles. The highest BCUT2D eigenvalue weighted by Gasteiger charge is 2.12. The van der Waals surface area contributed by atoms with Crippen molar-refractivity contribution in [1.82, 2.24) is 9.78 Å². The van der Waals surface area contributed by atoms with Crippen LogP contribution in [0.4, 0.5) is 5.82 Å². The van der Waals surface area contributed by atoms with Gasteiger partial charge in [0.15, 0.2) is 5.82 Å². The van der Waals surface area contributed by atoms with E-state index in [2.05, 4.69) is 10.4 Å². The standard InChI is InChI=1S/C16H12N4O/c1-20-10-14(9-17)15(19-20)18-16(21)13-7-6-11-4-2-3-5-12(11)8-13/h2-8,10H,1H3,(H,18,19,21). The fraction of sp³-hybridized carbons (Fsp3) is 0.0625. The molecule has 5 nitrogen and oxygen atoms in total. The van der Waals surface area contributed by atoms with Crippen molar-refractivity contribution in [3.8, 4) is 6.07 Å². The molecule has 0 atom stereocenters. The van der Waals surface area contributed by atoms with Crippen molar-refractivity contribution in [2.75, 3.05) is 5.32 Å². The second kappa shape index (κ2) is 5.10. The maximum atomic E-state index is 12.3. The van der Waals surface area contributed by atoms with Crippen LogP contribution in [0.25, 0.3) is 10.8 Å². The summed E-state index contributed by atoms with van der Waals surface area (Å²) in [6, 6.07) is 15.3. The molecule has 0 radical (unpaired) electrons. The third kappa shape index (κ3) is 2.47. The summed E-state index contributed by atoms with van der Waals surface area (Å²) in [5.41, 5.74) is 0.870. The summed E-state index contributed by atoms with van der Waals surface area (Å²) in [5, 5.41) is 17.8. The van der Waals surface area contributed by atoms with Crippen LogP contribution in [0.5, 0.6) is 0 Å². The number of nitriles is 1. The SMILES string of the molecule is Cn1cc(C#N)c(NC(=O)c2ccc3ccccc3c2)n1. The van der Waals surface area contributed by atoms with Crippen LogP contribution in [0, 0.1) is 11.3 Å². The van der Waals surface area contributed by atoms with Crippen LogP contribution in [0.15, 0.2) is 48.7 Å². The van der Waals surface area contributed by atoms with E-state index >= 15 is 0 Å². The first-order valence-corrected chi connectivity index (χ1v) is 6.41. The molecule has 0 bridgehead atoms. The Morgan fingerprint density at radius 2 is 2.00 bits per heavy atom. The summed E-state index contributed by atoms with van der Waals surface area (Å²) in [7, 11) is 1.70. The van der Waals surface area contributed by atoms with E-state index in [0.717, 1.165) is 10.8 Å². The fourth-order valence-corrected chi connectivity index (χ4v) is 2.17. The van der Waals surface area contributed by atoms with E-state index < -0.39 is 0 Å². The first-order valence-electron chi connectivity index (χ1n) is 6.41. The lowest BCUT2D eigenvalue weighted by molar-refractivity contribution is 0.102. The maximum Gasteiger partial charge on any atom is 0.256 e. The zero-order chi connectivity index (χ0) is 14.8. The van der Waals surface area contributed by atoms with E-state index in [1.807, 2.05) is 42.5 Å². The van der Waals surface area contributed by atoms with Gasteiger partial charge < -0.3 is 5.32 Å². The van der Waals surface area contributed by atoms with Crippen LogP contribution >= 0.6 is 0 Å². The monoisotopic (exact) mass is 276 g/mol. The van der Waals surface area contributed by atoms with Gasteiger partial charge in [0.1, 0.15) is 11.6 Å². The number of amides is 1. The summed E-state index contributed by atoms with van der Waals surface area (Å²) >= 11 is 0. The number of carbonyl (C=O) groups excluding carboxylic acids is 1. The van der Waals surface area contributed by atoms with Crippen molar-refractivity contribution >= 4 is 22.5 Å². The number of carbonyl (C=O) groups is 1. The molecule has 0 saturated heterocycles. The summed E-state index contributed by atoms with van der Waals surface area (Å²) < 4.78 is 1.49. The number of nitrogens with zero attached hydrogens (tertiary/aromatic N) is 3. The maximum absolute atomic E-state index is 12.3. The quantitative estimate of drug-likeness (QED) is 0.782. The average Bonchev–Trinajstić information content (AvgIpc) is 2.86. The van der Waals surface area contributed by atoms with Gasteiger partial charge >= 0.3 is 0 Å². The van der Waals surface area contributed by atoms with Crippen molar-refractivity contribution in [3.05, 3.63) is 59.8 Å². The Morgan fingerprint density at radius 1 is 1.24 bits per heavy atom. The van der Waals surface area contributed by atoms with E-state index in [9.17, 15) is 4.79 Å². The van der Waals surface area contributed by atoms with E-state index in [4.69, 9.17) is 5.26 Å². The average molecular weight is 276 g/mol. The van der Waals surface area contributed by atoms with Crippen molar-refractivity contribution in [2.45, 2.75) is 0 Å². The van der Waals surface area contributed by atoms with Gasteiger partial charge in [0.25, 0.3) is 5.91 Å². The smallest absolute Gasteiger partial charge is 0.256 e. The van der Waals surface area contributed by atoms with Crippen LogP contribution in [0.1, 0.15) is 15.9 Å². The summed E-state index contributed by atoms with van der Waals surface area (Å²) in [6.07, 6.45) is 1.57. The summed E-state index contributed by atoms with van der Waals surface area (Å²) in [5.74, 6) is -0.00545. The Bertz CT molecular complexity index is 873. The summed E-state index contributed by atoms with van der Waals surface area (Å²) in [6.45, 7) is 0. The Hall–Kier alpha value is -3.13. The van der Waals surface area contributed by atoms with Gasteiger partial charge in [-0.2, -0.15) is 10.4 Å². The van der Waals surface area contributed by atoms with Gasteiger partial charge in [0.2, 0.25) is 0 Å². The molecule has 0 fully saturated rings. The molecule has 0 unspecified atom stereocenters. The number of benzene rings is 2. The van der Waals surface area contributed by atoms with Crippen LogP contribution in [0.3, 0.4) is 0 Å². The molecule has 21 heavy (non-hydrogen) atoms. The Kier molecular flexibility index (Phi) is 3.13. The number of aromatic nitrogens is 2. The number of hydrogen-bond acceptors (Lipinski definition) is 3. The van der Waals surface area contributed by atoms with Gasteiger partial charge in [-0.15, -0.1) is 0 Å². The minimum Gasteiger partial charge on any atom is -0.304 e. The normalized spacial score (nSPS) is 10.3. The second-order valence-electron chi connectivity index (χ2n) is 4.69. The number of fused-ring (bicyclic) bond motifs is 1. The molecule has 0 aliphatic heterocycles. The second-order valence-corrected chi connectivity index (χ2v) is 4.69. The molecule has 1 amide bonds. The number of anilines is 1. The highest BCUT2D eigenvalue weighted by atomic mass is 16.1. The highest BCUT2D eigenvalue weighted by Crippen LogP contribution is 2.17.